The maximum atomic E-state index is 11.6. The third-order valence-corrected chi connectivity index (χ3v) is 2.91. The first-order chi connectivity index (χ1) is 6.70. The van der Waals surface area contributed by atoms with Crippen molar-refractivity contribution in [2.45, 2.75) is 38.6 Å². The molecule has 76 valence electrons. The first-order valence-electron chi connectivity index (χ1n) is 5.19. The van der Waals surface area contributed by atoms with E-state index in [1.54, 1.807) is 0 Å². The van der Waals surface area contributed by atoms with Gasteiger partial charge in [0.25, 0.3) is 5.56 Å². The molecule has 0 amide bonds. The van der Waals surface area contributed by atoms with Crippen LogP contribution in [0.3, 0.4) is 0 Å². The Bertz CT molecular complexity index is 393. The van der Waals surface area contributed by atoms with Gasteiger partial charge >= 0.3 is 0 Å². The van der Waals surface area contributed by atoms with Crippen molar-refractivity contribution >= 4 is 0 Å². The highest BCUT2D eigenvalue weighted by atomic mass is 16.1. The Morgan fingerprint density at radius 3 is 2.86 bits per heavy atom. The summed E-state index contributed by atoms with van der Waals surface area (Å²) in [5.41, 5.74) is 9.08. The second-order valence-corrected chi connectivity index (χ2v) is 4.03. The van der Waals surface area contributed by atoms with Crippen LogP contribution in [0.15, 0.2) is 11.0 Å². The summed E-state index contributed by atoms with van der Waals surface area (Å²) >= 11 is 0. The van der Waals surface area contributed by atoms with Crippen molar-refractivity contribution < 1.29 is 0 Å². The van der Waals surface area contributed by atoms with Crippen molar-refractivity contribution in [2.75, 3.05) is 0 Å². The lowest BCUT2D eigenvalue weighted by Gasteiger charge is -2.19. The fraction of sp³-hybridized carbons (Fsp3) is 0.545. The summed E-state index contributed by atoms with van der Waals surface area (Å²) < 4.78 is 0. The van der Waals surface area contributed by atoms with Gasteiger partial charge in [-0.2, -0.15) is 0 Å². The van der Waals surface area contributed by atoms with E-state index < -0.39 is 0 Å². The summed E-state index contributed by atoms with van der Waals surface area (Å²) in [4.78, 5) is 14.4. The summed E-state index contributed by atoms with van der Waals surface area (Å²) in [6.07, 6.45) is 6.33. The second kappa shape index (κ2) is 3.58. The lowest BCUT2D eigenvalue weighted by atomic mass is 9.88. The van der Waals surface area contributed by atoms with Gasteiger partial charge in [-0.1, -0.05) is 0 Å². The lowest BCUT2D eigenvalue weighted by molar-refractivity contribution is 0.657. The molecule has 0 saturated carbocycles. The number of hydrogen-bond donors (Lipinski definition) is 2. The normalized spacial score (nSPS) is 17.6. The molecule has 1 aromatic heterocycles. The molecule has 2 rings (SSSR count). The van der Waals surface area contributed by atoms with Gasteiger partial charge in [-0.05, 0) is 43.7 Å². The molecule has 0 saturated heterocycles. The number of rotatable bonds is 1. The van der Waals surface area contributed by atoms with Crippen LogP contribution in [0.1, 0.15) is 42.5 Å². The molecule has 3 N–H and O–H groups in total. The van der Waals surface area contributed by atoms with Gasteiger partial charge in [0, 0.05) is 17.8 Å². The monoisotopic (exact) mass is 192 g/mol. The molecule has 1 atom stereocenters. The maximum absolute atomic E-state index is 11.6. The summed E-state index contributed by atoms with van der Waals surface area (Å²) in [6, 6.07) is -0.160. The number of pyridine rings is 1. The zero-order valence-electron chi connectivity index (χ0n) is 8.47. The molecule has 3 nitrogen and oxygen atoms in total. The van der Waals surface area contributed by atoms with E-state index in [1.807, 2.05) is 13.1 Å². The number of hydrogen-bond acceptors (Lipinski definition) is 2. The molecule has 0 aliphatic heterocycles. The van der Waals surface area contributed by atoms with Crippen molar-refractivity contribution in [3.05, 3.63) is 33.2 Å². The Hall–Kier alpha value is -1.09. The first-order valence-corrected chi connectivity index (χ1v) is 5.19. The topological polar surface area (TPSA) is 58.9 Å². The highest BCUT2D eigenvalue weighted by Gasteiger charge is 2.17. The van der Waals surface area contributed by atoms with Crippen molar-refractivity contribution in [1.82, 2.24) is 4.98 Å². The average molecular weight is 192 g/mol. The summed E-state index contributed by atoms with van der Waals surface area (Å²) in [7, 11) is 0. The number of H-pyrrole nitrogens is 1. The fourth-order valence-corrected chi connectivity index (χ4v) is 2.24. The van der Waals surface area contributed by atoms with E-state index in [0.717, 1.165) is 18.4 Å². The molecule has 1 aromatic rings. The van der Waals surface area contributed by atoms with Crippen LogP contribution in [0.4, 0.5) is 0 Å². The van der Waals surface area contributed by atoms with E-state index >= 15 is 0 Å². The number of aromatic nitrogens is 1. The van der Waals surface area contributed by atoms with Gasteiger partial charge in [0.1, 0.15) is 0 Å². The zero-order chi connectivity index (χ0) is 10.1. The molecule has 0 unspecified atom stereocenters. The van der Waals surface area contributed by atoms with Crippen LogP contribution in [0.5, 0.6) is 0 Å². The fourth-order valence-electron chi connectivity index (χ4n) is 2.24. The number of fused-ring (bicyclic) bond motifs is 1. The van der Waals surface area contributed by atoms with Crippen LogP contribution in [-0.2, 0) is 12.8 Å². The lowest BCUT2D eigenvalue weighted by Crippen LogP contribution is -2.24. The third kappa shape index (κ3) is 1.48. The van der Waals surface area contributed by atoms with Crippen LogP contribution in [-0.4, -0.2) is 4.98 Å². The molecule has 0 spiro atoms. The molecule has 0 bridgehead atoms. The molecule has 0 fully saturated rings. The van der Waals surface area contributed by atoms with E-state index in [4.69, 9.17) is 5.73 Å². The molecular weight excluding hydrogens is 176 g/mol. The smallest absolute Gasteiger partial charge is 0.252 e. The quantitative estimate of drug-likeness (QED) is 0.704. The molecule has 1 aliphatic carbocycles. The zero-order valence-corrected chi connectivity index (χ0v) is 8.47. The van der Waals surface area contributed by atoms with E-state index in [1.165, 1.54) is 24.0 Å². The molecule has 14 heavy (non-hydrogen) atoms. The molecule has 1 aliphatic rings. The van der Waals surface area contributed by atoms with E-state index in [-0.39, 0.29) is 11.6 Å². The summed E-state index contributed by atoms with van der Waals surface area (Å²) in [5.74, 6) is 0. The standard InChI is InChI=1S/C11H16N2O/c1-7(12)10-9-5-3-2-4-8(9)6-13-11(10)14/h6-7H,2-5,12H2,1H3,(H,13,14)/t7-/m0/s1. The first kappa shape index (κ1) is 9.46. The highest BCUT2D eigenvalue weighted by molar-refractivity contribution is 5.35. The van der Waals surface area contributed by atoms with Gasteiger partial charge in [-0.15, -0.1) is 0 Å². The van der Waals surface area contributed by atoms with Crippen molar-refractivity contribution in [3.8, 4) is 0 Å². The van der Waals surface area contributed by atoms with Gasteiger partial charge in [0.15, 0.2) is 0 Å². The summed E-state index contributed by atoms with van der Waals surface area (Å²) in [6.45, 7) is 1.87. The number of aryl methyl sites for hydroxylation is 1. The van der Waals surface area contributed by atoms with Crippen molar-refractivity contribution in [1.29, 1.82) is 0 Å². The Morgan fingerprint density at radius 1 is 1.43 bits per heavy atom. The summed E-state index contributed by atoms with van der Waals surface area (Å²) in [5, 5.41) is 0. The van der Waals surface area contributed by atoms with Crippen molar-refractivity contribution in [3.63, 3.8) is 0 Å². The van der Waals surface area contributed by atoms with Crippen LogP contribution < -0.4 is 11.3 Å². The molecular formula is C11H16N2O. The maximum Gasteiger partial charge on any atom is 0.252 e. The Kier molecular flexibility index (Phi) is 2.42. The average Bonchev–Trinajstić information content (AvgIpc) is 2.17. The minimum absolute atomic E-state index is 0.0133. The van der Waals surface area contributed by atoms with Crippen LogP contribution in [0, 0.1) is 0 Å². The number of aromatic amines is 1. The van der Waals surface area contributed by atoms with Gasteiger partial charge in [0.2, 0.25) is 0 Å². The Morgan fingerprint density at radius 2 is 2.14 bits per heavy atom. The molecule has 1 heterocycles. The van der Waals surface area contributed by atoms with Crippen molar-refractivity contribution in [2.24, 2.45) is 5.73 Å². The predicted molar refractivity (Wildman–Crippen MR) is 56.3 cm³/mol. The largest absolute Gasteiger partial charge is 0.329 e. The Labute approximate surface area is 83.3 Å². The highest BCUT2D eigenvalue weighted by Crippen LogP contribution is 2.24. The van der Waals surface area contributed by atoms with Gasteiger partial charge in [-0.3, -0.25) is 4.79 Å². The van der Waals surface area contributed by atoms with E-state index in [9.17, 15) is 4.79 Å². The number of nitrogens with one attached hydrogen (secondary N) is 1. The minimum atomic E-state index is -0.160. The molecule has 0 aromatic carbocycles. The number of nitrogens with two attached hydrogens (primary N) is 1. The van der Waals surface area contributed by atoms with E-state index in [0.29, 0.717) is 0 Å². The minimum Gasteiger partial charge on any atom is -0.329 e. The third-order valence-electron chi connectivity index (χ3n) is 2.91. The molecule has 3 heteroatoms. The van der Waals surface area contributed by atoms with Crippen LogP contribution in [0.25, 0.3) is 0 Å². The Balaban J connectivity index is 2.61. The van der Waals surface area contributed by atoms with Crippen LogP contribution in [0.2, 0.25) is 0 Å². The van der Waals surface area contributed by atoms with Gasteiger partial charge < -0.3 is 10.7 Å². The predicted octanol–water partition coefficient (Wildman–Crippen LogP) is 1.27. The van der Waals surface area contributed by atoms with Gasteiger partial charge in [0.05, 0.1) is 0 Å². The van der Waals surface area contributed by atoms with Crippen LogP contribution >= 0.6 is 0 Å². The molecule has 0 radical (unpaired) electrons. The van der Waals surface area contributed by atoms with E-state index in [2.05, 4.69) is 4.98 Å². The SMILES string of the molecule is C[C@H](N)c1c2c(c[nH]c1=O)CCCC2. The second-order valence-electron chi connectivity index (χ2n) is 4.03. The van der Waals surface area contributed by atoms with Gasteiger partial charge in [-0.25, -0.2) is 0 Å².